The lowest BCUT2D eigenvalue weighted by Crippen LogP contribution is -2.39. The Labute approximate surface area is 165 Å². The van der Waals surface area contributed by atoms with Gasteiger partial charge in [0, 0.05) is 46.1 Å². The van der Waals surface area contributed by atoms with Gasteiger partial charge in [-0.15, -0.1) is 0 Å². The highest BCUT2D eigenvalue weighted by Crippen LogP contribution is 2.19. The molecular weight excluding hydrogens is 342 g/mol. The summed E-state index contributed by atoms with van der Waals surface area (Å²) in [6, 6.07) is 0. The van der Waals surface area contributed by atoms with Crippen LogP contribution in [0.3, 0.4) is 0 Å². The van der Waals surface area contributed by atoms with Gasteiger partial charge in [0.25, 0.3) is 0 Å². The fourth-order valence-electron chi connectivity index (χ4n) is 3.67. The summed E-state index contributed by atoms with van der Waals surface area (Å²) in [7, 11) is 0. The van der Waals surface area contributed by atoms with Crippen molar-refractivity contribution in [3.8, 4) is 0 Å². The van der Waals surface area contributed by atoms with E-state index in [-0.39, 0.29) is 0 Å². The molecule has 27 heavy (non-hydrogen) atoms. The topological polar surface area (TPSA) is 64.1 Å². The molecule has 0 aromatic carbocycles. The predicted octanol–water partition coefficient (Wildman–Crippen LogP) is 3.11. The van der Waals surface area contributed by atoms with Crippen LogP contribution < -0.4 is 10.6 Å². The van der Waals surface area contributed by atoms with Crippen molar-refractivity contribution < 1.29 is 14.2 Å². The van der Waals surface area contributed by atoms with Crippen LogP contribution in [-0.2, 0) is 14.2 Å². The zero-order valence-corrected chi connectivity index (χ0v) is 17.3. The Morgan fingerprint density at radius 3 is 2.52 bits per heavy atom. The van der Waals surface area contributed by atoms with Crippen molar-refractivity contribution in [2.45, 2.75) is 70.8 Å². The molecule has 1 aliphatic heterocycles. The number of rotatable bonds is 11. The van der Waals surface area contributed by atoms with Crippen LogP contribution >= 0.6 is 0 Å². The Hall–Kier alpha value is -0.850. The van der Waals surface area contributed by atoms with Crippen molar-refractivity contribution in [2.75, 3.05) is 52.7 Å². The molecular formula is C21H41N3O3. The molecule has 1 saturated heterocycles. The van der Waals surface area contributed by atoms with E-state index in [2.05, 4.69) is 22.5 Å². The van der Waals surface area contributed by atoms with Gasteiger partial charge in [0.1, 0.15) is 0 Å². The van der Waals surface area contributed by atoms with Crippen molar-refractivity contribution in [3.05, 3.63) is 0 Å². The van der Waals surface area contributed by atoms with E-state index in [1.807, 2.05) is 0 Å². The fourth-order valence-corrected chi connectivity index (χ4v) is 3.67. The smallest absolute Gasteiger partial charge is 0.191 e. The molecule has 6 nitrogen and oxygen atoms in total. The molecule has 2 N–H and O–H groups in total. The molecule has 0 radical (unpaired) electrons. The number of aliphatic imine (C=N–C) groups is 1. The lowest BCUT2D eigenvalue weighted by molar-refractivity contribution is 0.0205. The van der Waals surface area contributed by atoms with E-state index in [9.17, 15) is 0 Å². The minimum atomic E-state index is 0.460. The van der Waals surface area contributed by atoms with Crippen LogP contribution in [-0.4, -0.2) is 64.7 Å². The maximum absolute atomic E-state index is 6.03. The molecule has 0 unspecified atom stereocenters. The largest absolute Gasteiger partial charge is 0.381 e. The van der Waals surface area contributed by atoms with Gasteiger partial charge in [-0.1, -0.05) is 25.7 Å². The number of hydrogen-bond acceptors (Lipinski definition) is 4. The van der Waals surface area contributed by atoms with Gasteiger partial charge in [-0.2, -0.15) is 0 Å². The van der Waals surface area contributed by atoms with Gasteiger partial charge in [0.2, 0.25) is 0 Å². The first-order valence-electron chi connectivity index (χ1n) is 11.2. The van der Waals surface area contributed by atoms with Crippen molar-refractivity contribution in [1.29, 1.82) is 0 Å². The van der Waals surface area contributed by atoms with E-state index in [1.165, 1.54) is 38.5 Å². The van der Waals surface area contributed by atoms with E-state index in [4.69, 9.17) is 14.2 Å². The summed E-state index contributed by atoms with van der Waals surface area (Å²) >= 11 is 0. The molecule has 0 amide bonds. The van der Waals surface area contributed by atoms with Gasteiger partial charge in [-0.3, -0.25) is 4.99 Å². The van der Waals surface area contributed by atoms with E-state index in [1.54, 1.807) is 0 Å². The zero-order chi connectivity index (χ0) is 19.0. The molecule has 6 heteroatoms. The van der Waals surface area contributed by atoms with E-state index >= 15 is 0 Å². The van der Waals surface area contributed by atoms with Gasteiger partial charge in [0.15, 0.2) is 5.96 Å². The SMILES string of the molecule is CCNC(=NCCCOCC1CCOCC1)NCCOC1CCCCCC1. The van der Waals surface area contributed by atoms with Crippen LogP contribution in [0, 0.1) is 5.92 Å². The average Bonchev–Trinajstić information content (AvgIpc) is 2.97. The lowest BCUT2D eigenvalue weighted by atomic mass is 10.0. The Kier molecular flexibility index (Phi) is 12.6. The number of hydrogen-bond donors (Lipinski definition) is 2. The average molecular weight is 384 g/mol. The molecule has 0 aromatic heterocycles. The Bertz CT molecular complexity index is 379. The summed E-state index contributed by atoms with van der Waals surface area (Å²) < 4.78 is 17.2. The van der Waals surface area contributed by atoms with Crippen molar-refractivity contribution >= 4 is 5.96 Å². The molecule has 1 heterocycles. The minimum Gasteiger partial charge on any atom is -0.381 e. The Morgan fingerprint density at radius 2 is 1.78 bits per heavy atom. The number of nitrogens with one attached hydrogen (secondary N) is 2. The van der Waals surface area contributed by atoms with Gasteiger partial charge in [-0.25, -0.2) is 0 Å². The second-order valence-corrected chi connectivity index (χ2v) is 7.66. The third-order valence-electron chi connectivity index (χ3n) is 5.31. The minimum absolute atomic E-state index is 0.460. The van der Waals surface area contributed by atoms with Crippen LogP contribution in [0.4, 0.5) is 0 Å². The normalized spacial score (nSPS) is 20.4. The monoisotopic (exact) mass is 383 g/mol. The molecule has 2 fully saturated rings. The van der Waals surface area contributed by atoms with Gasteiger partial charge in [-0.05, 0) is 44.9 Å². The van der Waals surface area contributed by atoms with Crippen molar-refractivity contribution in [3.63, 3.8) is 0 Å². The number of guanidine groups is 1. The van der Waals surface area contributed by atoms with Crippen LogP contribution in [0.1, 0.15) is 64.7 Å². The maximum atomic E-state index is 6.03. The summed E-state index contributed by atoms with van der Waals surface area (Å²) in [4.78, 5) is 4.64. The highest BCUT2D eigenvalue weighted by atomic mass is 16.5. The molecule has 2 aliphatic rings. The van der Waals surface area contributed by atoms with E-state index < -0.39 is 0 Å². The van der Waals surface area contributed by atoms with Gasteiger partial charge in [0.05, 0.1) is 12.7 Å². The highest BCUT2D eigenvalue weighted by molar-refractivity contribution is 5.79. The summed E-state index contributed by atoms with van der Waals surface area (Å²) in [6.07, 6.45) is 11.5. The molecule has 0 atom stereocenters. The lowest BCUT2D eigenvalue weighted by Gasteiger charge is -2.21. The standard InChI is InChI=1S/C21H41N3O3/c1-2-22-21(24-13-17-27-20-8-5-3-4-6-9-20)23-12-7-14-26-18-19-10-15-25-16-11-19/h19-20H,2-18H2,1H3,(H2,22,23,24). The zero-order valence-electron chi connectivity index (χ0n) is 17.3. The van der Waals surface area contributed by atoms with Crippen molar-refractivity contribution in [1.82, 2.24) is 10.6 Å². The number of nitrogens with zero attached hydrogens (tertiary/aromatic N) is 1. The fraction of sp³-hybridized carbons (Fsp3) is 0.952. The second kappa shape index (κ2) is 15.1. The van der Waals surface area contributed by atoms with Gasteiger partial charge < -0.3 is 24.8 Å². The molecule has 0 aromatic rings. The number of ether oxygens (including phenoxy) is 3. The predicted molar refractivity (Wildman–Crippen MR) is 110 cm³/mol. The molecule has 1 saturated carbocycles. The van der Waals surface area contributed by atoms with Crippen LogP contribution in [0.25, 0.3) is 0 Å². The molecule has 1 aliphatic carbocycles. The highest BCUT2D eigenvalue weighted by Gasteiger charge is 2.13. The summed E-state index contributed by atoms with van der Waals surface area (Å²) in [5.74, 6) is 1.56. The van der Waals surface area contributed by atoms with Crippen LogP contribution in [0.5, 0.6) is 0 Å². The quantitative estimate of drug-likeness (QED) is 0.248. The van der Waals surface area contributed by atoms with Crippen LogP contribution in [0.15, 0.2) is 4.99 Å². The van der Waals surface area contributed by atoms with Gasteiger partial charge >= 0.3 is 0 Å². The molecule has 0 bridgehead atoms. The molecule has 158 valence electrons. The first-order chi connectivity index (χ1) is 13.4. The first kappa shape index (κ1) is 22.4. The van der Waals surface area contributed by atoms with Crippen molar-refractivity contribution in [2.24, 2.45) is 10.9 Å². The third-order valence-corrected chi connectivity index (χ3v) is 5.31. The Morgan fingerprint density at radius 1 is 1.00 bits per heavy atom. The summed E-state index contributed by atoms with van der Waals surface area (Å²) in [5, 5.41) is 6.68. The molecule has 2 rings (SSSR count). The second-order valence-electron chi connectivity index (χ2n) is 7.66. The summed E-state index contributed by atoms with van der Waals surface area (Å²) in [6.45, 7) is 8.74. The Balaban J connectivity index is 1.50. The van der Waals surface area contributed by atoms with E-state index in [0.29, 0.717) is 12.0 Å². The third kappa shape index (κ3) is 10.9. The first-order valence-corrected chi connectivity index (χ1v) is 11.2. The molecule has 0 spiro atoms. The maximum Gasteiger partial charge on any atom is 0.191 e. The van der Waals surface area contributed by atoms with E-state index in [0.717, 1.165) is 77.9 Å². The summed E-state index contributed by atoms with van der Waals surface area (Å²) in [5.41, 5.74) is 0. The van der Waals surface area contributed by atoms with Crippen LogP contribution in [0.2, 0.25) is 0 Å².